The number of benzene rings is 1. The van der Waals surface area contributed by atoms with E-state index in [4.69, 9.17) is 9.47 Å². The van der Waals surface area contributed by atoms with Crippen LogP contribution in [0.2, 0.25) is 0 Å². The number of rotatable bonds is 6. The van der Waals surface area contributed by atoms with Gasteiger partial charge in [-0.3, -0.25) is 4.90 Å². The van der Waals surface area contributed by atoms with Crippen LogP contribution in [0, 0.1) is 12.8 Å². The highest BCUT2D eigenvalue weighted by molar-refractivity contribution is 5.35. The fourth-order valence-corrected chi connectivity index (χ4v) is 2.54. The van der Waals surface area contributed by atoms with Crippen LogP contribution in [0.1, 0.15) is 25.0 Å². The van der Waals surface area contributed by atoms with E-state index in [9.17, 15) is 0 Å². The summed E-state index contributed by atoms with van der Waals surface area (Å²) in [6.45, 7) is 12.2. The molecule has 1 aliphatic heterocycles. The van der Waals surface area contributed by atoms with Gasteiger partial charge in [0.15, 0.2) is 0 Å². The monoisotopic (exact) mass is 277 g/mol. The van der Waals surface area contributed by atoms with Gasteiger partial charge in [0.1, 0.15) is 12.4 Å². The van der Waals surface area contributed by atoms with Gasteiger partial charge in [-0.15, -0.1) is 0 Å². The van der Waals surface area contributed by atoms with Crippen LogP contribution >= 0.6 is 0 Å². The predicted molar refractivity (Wildman–Crippen MR) is 82.5 cm³/mol. The maximum absolute atomic E-state index is 5.87. The van der Waals surface area contributed by atoms with E-state index >= 15 is 0 Å². The predicted octanol–water partition coefficient (Wildman–Crippen LogP) is 2.90. The molecule has 0 saturated carbocycles. The second kappa shape index (κ2) is 7.65. The Labute approximate surface area is 122 Å². The molecular formula is C17H27NO2. The molecule has 0 amide bonds. The molecule has 0 radical (unpaired) electrons. The Hall–Kier alpha value is -1.06. The second-order valence-electron chi connectivity index (χ2n) is 5.99. The van der Waals surface area contributed by atoms with E-state index in [0.717, 1.165) is 51.6 Å². The first kappa shape index (κ1) is 15.3. The second-order valence-corrected chi connectivity index (χ2v) is 5.99. The molecule has 0 aromatic heterocycles. The van der Waals surface area contributed by atoms with Crippen LogP contribution in [-0.4, -0.2) is 44.4 Å². The molecular weight excluding hydrogens is 250 g/mol. The molecule has 1 saturated heterocycles. The molecule has 20 heavy (non-hydrogen) atoms. The lowest BCUT2D eigenvalue weighted by molar-refractivity contribution is 0.0322. The van der Waals surface area contributed by atoms with Crippen LogP contribution < -0.4 is 4.74 Å². The van der Waals surface area contributed by atoms with Crippen molar-refractivity contribution < 1.29 is 9.47 Å². The largest absolute Gasteiger partial charge is 0.492 e. The van der Waals surface area contributed by atoms with Crippen molar-refractivity contribution in [2.45, 2.75) is 27.2 Å². The Balaban J connectivity index is 1.79. The lowest BCUT2D eigenvalue weighted by Gasteiger charge is -2.26. The lowest BCUT2D eigenvalue weighted by Crippen LogP contribution is -2.38. The lowest BCUT2D eigenvalue weighted by atomic mass is 9.99. The fourth-order valence-electron chi connectivity index (χ4n) is 2.54. The molecule has 1 aromatic carbocycles. The molecule has 2 rings (SSSR count). The standard InChI is InChI=1S/C17H27NO2/c1-14(2)12-16-4-5-17(13-15(16)3)20-11-8-18-6-9-19-10-7-18/h4-5,13-14H,6-12H2,1-3H3. The summed E-state index contributed by atoms with van der Waals surface area (Å²) in [5.74, 6) is 1.69. The number of morpholine rings is 1. The first-order valence-electron chi connectivity index (χ1n) is 7.67. The summed E-state index contributed by atoms with van der Waals surface area (Å²) >= 11 is 0. The maximum atomic E-state index is 5.87. The number of ether oxygens (including phenoxy) is 2. The summed E-state index contributed by atoms with van der Waals surface area (Å²) < 4.78 is 11.2. The first-order chi connectivity index (χ1) is 9.65. The molecule has 1 fully saturated rings. The highest BCUT2D eigenvalue weighted by atomic mass is 16.5. The zero-order chi connectivity index (χ0) is 14.4. The van der Waals surface area contributed by atoms with Crippen LogP contribution in [0.5, 0.6) is 5.75 Å². The highest BCUT2D eigenvalue weighted by Crippen LogP contribution is 2.19. The van der Waals surface area contributed by atoms with Crippen molar-refractivity contribution >= 4 is 0 Å². The molecule has 3 nitrogen and oxygen atoms in total. The van der Waals surface area contributed by atoms with Gasteiger partial charge in [0, 0.05) is 19.6 Å². The molecule has 1 aliphatic rings. The molecule has 0 N–H and O–H groups in total. The van der Waals surface area contributed by atoms with E-state index < -0.39 is 0 Å². The van der Waals surface area contributed by atoms with Gasteiger partial charge in [-0.25, -0.2) is 0 Å². The van der Waals surface area contributed by atoms with E-state index in [1.54, 1.807) is 0 Å². The molecule has 0 unspecified atom stereocenters. The van der Waals surface area contributed by atoms with E-state index in [1.807, 2.05) is 0 Å². The van der Waals surface area contributed by atoms with Gasteiger partial charge in [-0.1, -0.05) is 19.9 Å². The summed E-state index contributed by atoms with van der Waals surface area (Å²) in [6.07, 6.45) is 1.14. The summed E-state index contributed by atoms with van der Waals surface area (Å²) in [5.41, 5.74) is 2.77. The maximum Gasteiger partial charge on any atom is 0.119 e. The Morgan fingerprint density at radius 3 is 2.65 bits per heavy atom. The molecule has 0 bridgehead atoms. The summed E-state index contributed by atoms with van der Waals surface area (Å²) in [6, 6.07) is 6.47. The normalized spacial score (nSPS) is 16.6. The SMILES string of the molecule is Cc1cc(OCCN2CCOCC2)ccc1CC(C)C. The average Bonchev–Trinajstić information content (AvgIpc) is 2.43. The van der Waals surface area contributed by atoms with Gasteiger partial charge >= 0.3 is 0 Å². The van der Waals surface area contributed by atoms with Gasteiger partial charge in [0.2, 0.25) is 0 Å². The van der Waals surface area contributed by atoms with Crippen LogP contribution in [0.25, 0.3) is 0 Å². The molecule has 0 aliphatic carbocycles. The number of hydrogen-bond acceptors (Lipinski definition) is 3. The van der Waals surface area contributed by atoms with Crippen molar-refractivity contribution in [2.24, 2.45) is 5.92 Å². The van der Waals surface area contributed by atoms with Crippen molar-refractivity contribution in [2.75, 3.05) is 39.5 Å². The third-order valence-corrected chi connectivity index (χ3v) is 3.72. The third-order valence-electron chi connectivity index (χ3n) is 3.72. The third kappa shape index (κ3) is 4.80. The molecule has 1 heterocycles. The molecule has 112 valence electrons. The van der Waals surface area contributed by atoms with Gasteiger partial charge in [0.25, 0.3) is 0 Å². The summed E-state index contributed by atoms with van der Waals surface area (Å²) in [5, 5.41) is 0. The van der Waals surface area contributed by atoms with Crippen LogP contribution in [-0.2, 0) is 11.2 Å². The minimum Gasteiger partial charge on any atom is -0.492 e. The summed E-state index contributed by atoms with van der Waals surface area (Å²) in [4.78, 5) is 2.39. The van der Waals surface area contributed by atoms with Crippen LogP contribution in [0.3, 0.4) is 0 Å². The van der Waals surface area contributed by atoms with Crippen LogP contribution in [0.15, 0.2) is 18.2 Å². The zero-order valence-corrected chi connectivity index (χ0v) is 13.0. The molecule has 0 spiro atoms. The Bertz CT molecular complexity index is 411. The number of hydrogen-bond donors (Lipinski definition) is 0. The Morgan fingerprint density at radius 1 is 1.25 bits per heavy atom. The van der Waals surface area contributed by atoms with Crippen molar-refractivity contribution in [3.05, 3.63) is 29.3 Å². The van der Waals surface area contributed by atoms with Crippen molar-refractivity contribution in [1.29, 1.82) is 0 Å². The van der Waals surface area contributed by atoms with E-state index in [0.29, 0.717) is 5.92 Å². The van der Waals surface area contributed by atoms with Gasteiger partial charge in [-0.2, -0.15) is 0 Å². The van der Waals surface area contributed by atoms with E-state index in [-0.39, 0.29) is 0 Å². The van der Waals surface area contributed by atoms with E-state index in [1.165, 1.54) is 11.1 Å². The fraction of sp³-hybridized carbons (Fsp3) is 0.647. The Morgan fingerprint density at radius 2 is 2.00 bits per heavy atom. The van der Waals surface area contributed by atoms with Gasteiger partial charge in [-0.05, 0) is 42.5 Å². The smallest absolute Gasteiger partial charge is 0.119 e. The highest BCUT2D eigenvalue weighted by Gasteiger charge is 2.10. The molecule has 0 atom stereocenters. The molecule has 3 heteroatoms. The zero-order valence-electron chi connectivity index (χ0n) is 13.0. The quantitative estimate of drug-likeness (QED) is 0.798. The number of aryl methyl sites for hydroxylation is 1. The van der Waals surface area contributed by atoms with Crippen molar-refractivity contribution in [1.82, 2.24) is 4.90 Å². The summed E-state index contributed by atoms with van der Waals surface area (Å²) in [7, 11) is 0. The Kier molecular flexibility index (Phi) is 5.86. The van der Waals surface area contributed by atoms with Crippen molar-refractivity contribution in [3.8, 4) is 5.75 Å². The van der Waals surface area contributed by atoms with Gasteiger partial charge in [0.05, 0.1) is 13.2 Å². The minimum atomic E-state index is 0.696. The molecule has 1 aromatic rings. The van der Waals surface area contributed by atoms with E-state index in [2.05, 4.69) is 43.9 Å². The van der Waals surface area contributed by atoms with Crippen molar-refractivity contribution in [3.63, 3.8) is 0 Å². The van der Waals surface area contributed by atoms with Gasteiger partial charge < -0.3 is 9.47 Å². The topological polar surface area (TPSA) is 21.7 Å². The van der Waals surface area contributed by atoms with Crippen LogP contribution in [0.4, 0.5) is 0 Å². The average molecular weight is 277 g/mol. The first-order valence-corrected chi connectivity index (χ1v) is 7.67. The minimum absolute atomic E-state index is 0.696. The number of nitrogens with zero attached hydrogens (tertiary/aromatic N) is 1.